The summed E-state index contributed by atoms with van der Waals surface area (Å²) in [5.74, 6) is -1.70. The summed E-state index contributed by atoms with van der Waals surface area (Å²) in [6.07, 6.45) is 1.33. The smallest absolute Gasteiger partial charge is 0.308 e. The highest BCUT2D eigenvalue weighted by atomic mass is 16.4. The lowest BCUT2D eigenvalue weighted by Gasteiger charge is -2.26. The molecule has 2 atom stereocenters. The Labute approximate surface area is 103 Å². The molecule has 4 N–H and O–H groups in total. The van der Waals surface area contributed by atoms with Gasteiger partial charge in [0.1, 0.15) is 0 Å². The summed E-state index contributed by atoms with van der Waals surface area (Å²) < 4.78 is 0. The third kappa shape index (κ3) is 5.68. The van der Waals surface area contributed by atoms with Crippen molar-refractivity contribution in [2.24, 2.45) is 17.1 Å². The van der Waals surface area contributed by atoms with E-state index in [2.05, 4.69) is 5.32 Å². The molecule has 1 amide bonds. The van der Waals surface area contributed by atoms with E-state index in [9.17, 15) is 9.59 Å². The molecule has 0 saturated heterocycles. The van der Waals surface area contributed by atoms with Crippen LogP contribution in [-0.2, 0) is 9.59 Å². The van der Waals surface area contributed by atoms with Gasteiger partial charge in [0.05, 0.1) is 12.0 Å². The van der Waals surface area contributed by atoms with Crippen LogP contribution in [0.3, 0.4) is 0 Å². The molecule has 0 bridgehead atoms. The minimum absolute atomic E-state index is 0.145. The van der Waals surface area contributed by atoms with E-state index in [0.29, 0.717) is 6.42 Å². The molecule has 0 aliphatic heterocycles. The van der Waals surface area contributed by atoms with Crippen LogP contribution in [0.1, 0.15) is 40.5 Å². The Bertz CT molecular complexity index is 271. The first kappa shape index (κ1) is 15.9. The van der Waals surface area contributed by atoms with E-state index in [1.54, 1.807) is 0 Å². The fourth-order valence-electron chi connectivity index (χ4n) is 1.39. The van der Waals surface area contributed by atoms with E-state index in [4.69, 9.17) is 10.8 Å². The number of nitrogens with two attached hydrogens (primary N) is 1. The molecule has 0 aromatic rings. The van der Waals surface area contributed by atoms with Gasteiger partial charge in [0.2, 0.25) is 5.91 Å². The van der Waals surface area contributed by atoms with Gasteiger partial charge in [-0.3, -0.25) is 9.59 Å². The third-order valence-electron chi connectivity index (χ3n) is 2.72. The number of amides is 1. The normalized spacial score (nSPS) is 15.1. The highest BCUT2D eigenvalue weighted by Gasteiger charge is 2.28. The van der Waals surface area contributed by atoms with Crippen molar-refractivity contribution in [2.45, 2.75) is 46.6 Å². The highest BCUT2D eigenvalue weighted by molar-refractivity contribution is 5.82. The average molecular weight is 244 g/mol. The quantitative estimate of drug-likeness (QED) is 0.649. The molecule has 0 aliphatic rings. The largest absolute Gasteiger partial charge is 0.481 e. The number of hydrogen-bond acceptors (Lipinski definition) is 3. The Morgan fingerprint density at radius 3 is 2.24 bits per heavy atom. The van der Waals surface area contributed by atoms with Crippen LogP contribution in [-0.4, -0.2) is 29.6 Å². The van der Waals surface area contributed by atoms with Gasteiger partial charge in [0, 0.05) is 6.54 Å². The number of aliphatic carboxylic acids is 1. The van der Waals surface area contributed by atoms with Crippen LogP contribution in [0.5, 0.6) is 0 Å². The number of hydrogen-bond donors (Lipinski definition) is 3. The molecule has 0 saturated carbocycles. The Morgan fingerprint density at radius 1 is 1.35 bits per heavy atom. The van der Waals surface area contributed by atoms with Gasteiger partial charge in [-0.25, -0.2) is 0 Å². The summed E-state index contributed by atoms with van der Waals surface area (Å²) in [7, 11) is 0. The van der Waals surface area contributed by atoms with Crippen molar-refractivity contribution >= 4 is 11.9 Å². The molecule has 0 radical (unpaired) electrons. The van der Waals surface area contributed by atoms with Gasteiger partial charge in [-0.15, -0.1) is 0 Å². The second-order valence-electron chi connectivity index (χ2n) is 5.41. The van der Waals surface area contributed by atoms with E-state index in [1.807, 2.05) is 27.7 Å². The molecule has 0 aromatic carbocycles. The zero-order chi connectivity index (χ0) is 13.6. The van der Waals surface area contributed by atoms with Crippen molar-refractivity contribution in [3.8, 4) is 0 Å². The van der Waals surface area contributed by atoms with Crippen LogP contribution >= 0.6 is 0 Å². The number of nitrogens with one attached hydrogen (secondary N) is 1. The lowest BCUT2D eigenvalue weighted by Crippen LogP contribution is -2.50. The maximum atomic E-state index is 11.7. The van der Waals surface area contributed by atoms with Crippen LogP contribution in [0.2, 0.25) is 0 Å². The Kier molecular flexibility index (Phi) is 6.16. The van der Waals surface area contributed by atoms with Gasteiger partial charge < -0.3 is 16.2 Å². The zero-order valence-corrected chi connectivity index (χ0v) is 11.1. The van der Waals surface area contributed by atoms with E-state index < -0.39 is 17.9 Å². The lowest BCUT2D eigenvalue weighted by molar-refractivity contribution is -0.142. The first-order valence-corrected chi connectivity index (χ1v) is 5.96. The second kappa shape index (κ2) is 6.59. The topological polar surface area (TPSA) is 92.4 Å². The first-order chi connectivity index (χ1) is 7.70. The number of carboxylic acids is 1. The van der Waals surface area contributed by atoms with Gasteiger partial charge >= 0.3 is 5.97 Å². The van der Waals surface area contributed by atoms with Gasteiger partial charge in [-0.2, -0.15) is 0 Å². The SMILES string of the molecule is CCCC(CNC(=O)C(N)C(C)(C)C)C(=O)O. The van der Waals surface area contributed by atoms with Crippen LogP contribution in [0, 0.1) is 11.3 Å². The molecule has 0 fully saturated rings. The standard InChI is InChI=1S/C12H24N2O3/c1-5-6-8(11(16)17)7-14-10(15)9(13)12(2,3)4/h8-9H,5-7,13H2,1-4H3,(H,14,15)(H,16,17). The van der Waals surface area contributed by atoms with E-state index in [-0.39, 0.29) is 17.9 Å². The number of carboxylic acid groups (broad SMARTS) is 1. The van der Waals surface area contributed by atoms with Crippen LogP contribution < -0.4 is 11.1 Å². The van der Waals surface area contributed by atoms with E-state index in [0.717, 1.165) is 6.42 Å². The van der Waals surface area contributed by atoms with Gasteiger partial charge in [-0.05, 0) is 11.8 Å². The molecule has 0 aromatic heterocycles. The molecule has 5 heteroatoms. The van der Waals surface area contributed by atoms with Crippen molar-refractivity contribution in [1.29, 1.82) is 0 Å². The Morgan fingerprint density at radius 2 is 1.88 bits per heavy atom. The number of rotatable bonds is 6. The van der Waals surface area contributed by atoms with Crippen molar-refractivity contribution in [2.75, 3.05) is 6.54 Å². The van der Waals surface area contributed by atoms with Crippen molar-refractivity contribution < 1.29 is 14.7 Å². The Balaban J connectivity index is 4.26. The molecule has 100 valence electrons. The van der Waals surface area contributed by atoms with Crippen LogP contribution in [0.4, 0.5) is 0 Å². The molecule has 2 unspecified atom stereocenters. The minimum Gasteiger partial charge on any atom is -0.481 e. The Hall–Kier alpha value is -1.10. The number of carbonyl (C=O) groups is 2. The van der Waals surface area contributed by atoms with Crippen LogP contribution in [0.15, 0.2) is 0 Å². The van der Waals surface area contributed by atoms with Crippen molar-refractivity contribution in [3.05, 3.63) is 0 Å². The molecular weight excluding hydrogens is 220 g/mol. The lowest BCUT2D eigenvalue weighted by atomic mass is 9.87. The maximum Gasteiger partial charge on any atom is 0.308 e. The zero-order valence-electron chi connectivity index (χ0n) is 11.1. The highest BCUT2D eigenvalue weighted by Crippen LogP contribution is 2.17. The summed E-state index contributed by atoms with van der Waals surface area (Å²) in [5, 5.41) is 11.5. The predicted molar refractivity (Wildman–Crippen MR) is 66.5 cm³/mol. The van der Waals surface area contributed by atoms with E-state index in [1.165, 1.54) is 0 Å². The molecular formula is C12H24N2O3. The van der Waals surface area contributed by atoms with Gasteiger partial charge in [-0.1, -0.05) is 34.1 Å². The summed E-state index contributed by atoms with van der Waals surface area (Å²) in [6, 6.07) is -0.626. The molecule has 5 nitrogen and oxygen atoms in total. The monoisotopic (exact) mass is 244 g/mol. The molecule has 17 heavy (non-hydrogen) atoms. The predicted octanol–water partition coefficient (Wildman–Crippen LogP) is 0.977. The first-order valence-electron chi connectivity index (χ1n) is 5.96. The summed E-state index contributed by atoms with van der Waals surface area (Å²) in [5.41, 5.74) is 5.45. The number of carbonyl (C=O) groups excluding carboxylic acids is 1. The van der Waals surface area contributed by atoms with Crippen molar-refractivity contribution in [3.63, 3.8) is 0 Å². The minimum atomic E-state index is -0.878. The second-order valence-corrected chi connectivity index (χ2v) is 5.41. The summed E-state index contributed by atoms with van der Waals surface area (Å²) >= 11 is 0. The summed E-state index contributed by atoms with van der Waals surface area (Å²) in [6.45, 7) is 7.68. The fraction of sp³-hybridized carbons (Fsp3) is 0.833. The average Bonchev–Trinajstić information content (AvgIpc) is 2.20. The molecule has 0 aliphatic carbocycles. The molecule has 0 heterocycles. The van der Waals surface area contributed by atoms with Gasteiger partial charge in [0.25, 0.3) is 0 Å². The van der Waals surface area contributed by atoms with Crippen molar-refractivity contribution in [1.82, 2.24) is 5.32 Å². The molecule has 0 rings (SSSR count). The maximum absolute atomic E-state index is 11.7. The molecule has 0 spiro atoms. The van der Waals surface area contributed by atoms with Crippen LogP contribution in [0.25, 0.3) is 0 Å². The third-order valence-corrected chi connectivity index (χ3v) is 2.72. The van der Waals surface area contributed by atoms with Gasteiger partial charge in [0.15, 0.2) is 0 Å². The van der Waals surface area contributed by atoms with E-state index >= 15 is 0 Å². The fourth-order valence-corrected chi connectivity index (χ4v) is 1.39. The summed E-state index contributed by atoms with van der Waals surface area (Å²) in [4.78, 5) is 22.6.